The van der Waals surface area contributed by atoms with Gasteiger partial charge in [-0.05, 0) is 24.6 Å². The van der Waals surface area contributed by atoms with Crippen LogP contribution < -0.4 is 15.4 Å². The van der Waals surface area contributed by atoms with Gasteiger partial charge in [0.15, 0.2) is 6.61 Å². The summed E-state index contributed by atoms with van der Waals surface area (Å²) in [6.45, 7) is 1.87. The lowest BCUT2D eigenvalue weighted by Crippen LogP contribution is -2.28. The van der Waals surface area contributed by atoms with E-state index < -0.39 is 0 Å². The van der Waals surface area contributed by atoms with Crippen molar-refractivity contribution in [3.63, 3.8) is 0 Å². The first-order valence-electron chi connectivity index (χ1n) is 6.77. The second-order valence-electron chi connectivity index (χ2n) is 4.88. The van der Waals surface area contributed by atoms with E-state index in [0.717, 1.165) is 5.56 Å². The van der Waals surface area contributed by atoms with Crippen LogP contribution in [0.3, 0.4) is 0 Å². The van der Waals surface area contributed by atoms with Gasteiger partial charge in [-0.25, -0.2) is 4.98 Å². The molecular formula is C15H14N4O3. The molecule has 7 nitrogen and oxygen atoms in total. The minimum absolute atomic E-state index is 0.0192. The van der Waals surface area contributed by atoms with Crippen molar-refractivity contribution >= 4 is 17.5 Å². The van der Waals surface area contributed by atoms with Crippen LogP contribution in [-0.4, -0.2) is 28.4 Å². The highest BCUT2D eigenvalue weighted by Crippen LogP contribution is 2.30. The van der Waals surface area contributed by atoms with E-state index in [1.54, 1.807) is 12.1 Å². The maximum absolute atomic E-state index is 12.1. The van der Waals surface area contributed by atoms with Crippen molar-refractivity contribution in [2.45, 2.75) is 13.0 Å². The molecule has 0 fully saturated rings. The minimum atomic E-state index is -0.307. The first-order chi connectivity index (χ1) is 10.6. The Balaban J connectivity index is 1.75. The van der Waals surface area contributed by atoms with Gasteiger partial charge in [-0.2, -0.15) is 0 Å². The highest BCUT2D eigenvalue weighted by Gasteiger charge is 2.18. The molecule has 0 radical (unpaired) electrons. The first kappa shape index (κ1) is 14.0. The molecule has 112 valence electrons. The summed E-state index contributed by atoms with van der Waals surface area (Å²) in [4.78, 5) is 31.2. The van der Waals surface area contributed by atoms with E-state index in [2.05, 4.69) is 20.6 Å². The molecule has 2 aromatic rings. The van der Waals surface area contributed by atoms with Crippen molar-refractivity contribution in [3.05, 3.63) is 48.0 Å². The molecule has 7 heteroatoms. The number of nitrogens with zero attached hydrogens (tertiary/aromatic N) is 2. The number of nitrogens with one attached hydrogen (secondary N) is 2. The van der Waals surface area contributed by atoms with Crippen LogP contribution in [0, 0.1) is 0 Å². The zero-order valence-corrected chi connectivity index (χ0v) is 11.9. The van der Waals surface area contributed by atoms with Gasteiger partial charge >= 0.3 is 0 Å². The number of hydrogen-bond donors (Lipinski definition) is 2. The van der Waals surface area contributed by atoms with E-state index in [1.165, 1.54) is 18.6 Å². The summed E-state index contributed by atoms with van der Waals surface area (Å²) in [5.41, 5.74) is 1.71. The standard InChI is InChI=1S/C15H14N4O3/c1-9(18-15(21)12-7-16-4-5-17-12)10-2-3-13-11(6-10)19-14(20)8-22-13/h2-7,9H,8H2,1H3,(H,18,21)(H,19,20)/t9-/m1/s1. The Morgan fingerprint density at radius 2 is 2.27 bits per heavy atom. The highest BCUT2D eigenvalue weighted by molar-refractivity contribution is 5.95. The maximum atomic E-state index is 12.1. The third-order valence-corrected chi connectivity index (χ3v) is 3.28. The van der Waals surface area contributed by atoms with Crippen molar-refractivity contribution in [3.8, 4) is 5.75 Å². The molecule has 2 N–H and O–H groups in total. The lowest BCUT2D eigenvalue weighted by Gasteiger charge is -2.20. The molecule has 3 rings (SSSR count). The molecule has 1 aromatic carbocycles. The van der Waals surface area contributed by atoms with Crippen molar-refractivity contribution in [2.75, 3.05) is 11.9 Å². The second kappa shape index (κ2) is 5.80. The normalized spacial score (nSPS) is 14.3. The van der Waals surface area contributed by atoms with Gasteiger partial charge in [0.05, 0.1) is 17.9 Å². The molecule has 1 atom stereocenters. The van der Waals surface area contributed by atoms with Crippen LogP contribution in [0.2, 0.25) is 0 Å². The van der Waals surface area contributed by atoms with Crippen molar-refractivity contribution in [1.82, 2.24) is 15.3 Å². The van der Waals surface area contributed by atoms with Crippen LogP contribution in [0.4, 0.5) is 5.69 Å². The van der Waals surface area contributed by atoms with Gasteiger partial charge in [0.25, 0.3) is 11.8 Å². The number of ether oxygens (including phenoxy) is 1. The third-order valence-electron chi connectivity index (χ3n) is 3.28. The summed E-state index contributed by atoms with van der Waals surface area (Å²) in [6, 6.07) is 5.15. The van der Waals surface area contributed by atoms with E-state index in [1.807, 2.05) is 13.0 Å². The first-order valence-corrected chi connectivity index (χ1v) is 6.77. The fourth-order valence-corrected chi connectivity index (χ4v) is 2.14. The van der Waals surface area contributed by atoms with Crippen LogP contribution in [-0.2, 0) is 4.79 Å². The number of carbonyl (C=O) groups is 2. The number of amides is 2. The predicted molar refractivity (Wildman–Crippen MR) is 78.5 cm³/mol. The highest BCUT2D eigenvalue weighted by atomic mass is 16.5. The average molecular weight is 298 g/mol. The number of fused-ring (bicyclic) bond motifs is 1. The van der Waals surface area contributed by atoms with Crippen LogP contribution in [0.5, 0.6) is 5.75 Å². The molecule has 1 aromatic heterocycles. The fourth-order valence-electron chi connectivity index (χ4n) is 2.14. The lowest BCUT2D eigenvalue weighted by atomic mass is 10.1. The van der Waals surface area contributed by atoms with Gasteiger partial charge in [0.2, 0.25) is 0 Å². The Labute approximate surface area is 126 Å². The topological polar surface area (TPSA) is 93.2 Å². The minimum Gasteiger partial charge on any atom is -0.482 e. The van der Waals surface area contributed by atoms with Gasteiger partial charge < -0.3 is 15.4 Å². The lowest BCUT2D eigenvalue weighted by molar-refractivity contribution is -0.118. The third kappa shape index (κ3) is 2.88. The molecule has 0 saturated carbocycles. The van der Waals surface area contributed by atoms with Crippen molar-refractivity contribution in [1.29, 1.82) is 0 Å². The number of aromatic nitrogens is 2. The summed E-state index contributed by atoms with van der Waals surface area (Å²) in [5.74, 6) is 0.121. The molecule has 2 heterocycles. The summed E-state index contributed by atoms with van der Waals surface area (Å²) in [6.07, 6.45) is 4.38. The Kier molecular flexibility index (Phi) is 3.69. The van der Waals surface area contributed by atoms with Gasteiger partial charge in [-0.15, -0.1) is 0 Å². The van der Waals surface area contributed by atoms with Crippen LogP contribution >= 0.6 is 0 Å². The molecule has 1 aliphatic heterocycles. The number of hydrogen-bond acceptors (Lipinski definition) is 5. The van der Waals surface area contributed by atoms with Crippen LogP contribution in [0.15, 0.2) is 36.8 Å². The van der Waals surface area contributed by atoms with E-state index >= 15 is 0 Å². The van der Waals surface area contributed by atoms with E-state index in [9.17, 15) is 9.59 Å². The molecule has 0 unspecified atom stereocenters. The second-order valence-corrected chi connectivity index (χ2v) is 4.88. The molecule has 22 heavy (non-hydrogen) atoms. The zero-order valence-electron chi connectivity index (χ0n) is 11.9. The van der Waals surface area contributed by atoms with Crippen LogP contribution in [0.25, 0.3) is 0 Å². The molecular weight excluding hydrogens is 284 g/mol. The van der Waals surface area contributed by atoms with E-state index in [-0.39, 0.29) is 30.2 Å². The summed E-state index contributed by atoms with van der Waals surface area (Å²) < 4.78 is 5.30. The Morgan fingerprint density at radius 3 is 3.05 bits per heavy atom. The smallest absolute Gasteiger partial charge is 0.271 e. The van der Waals surface area contributed by atoms with Crippen molar-refractivity contribution < 1.29 is 14.3 Å². The SMILES string of the molecule is C[C@@H](NC(=O)c1cnccn1)c1ccc2c(c1)NC(=O)CO2. The molecule has 0 spiro atoms. The predicted octanol–water partition coefficient (Wildman–Crippen LogP) is 1.30. The number of anilines is 1. The molecule has 0 aliphatic carbocycles. The van der Waals surface area contributed by atoms with Gasteiger partial charge in [-0.1, -0.05) is 6.07 Å². The van der Waals surface area contributed by atoms with E-state index in [0.29, 0.717) is 11.4 Å². The Morgan fingerprint density at radius 1 is 1.41 bits per heavy atom. The molecule has 0 bridgehead atoms. The summed E-state index contributed by atoms with van der Waals surface area (Å²) in [5, 5.41) is 5.58. The molecule has 1 aliphatic rings. The molecule has 2 amide bonds. The monoisotopic (exact) mass is 298 g/mol. The van der Waals surface area contributed by atoms with Gasteiger partial charge in [0.1, 0.15) is 11.4 Å². The number of carbonyl (C=O) groups excluding carboxylic acids is 2. The fraction of sp³-hybridized carbons (Fsp3) is 0.200. The maximum Gasteiger partial charge on any atom is 0.271 e. The zero-order chi connectivity index (χ0) is 15.5. The van der Waals surface area contributed by atoms with E-state index in [4.69, 9.17) is 4.74 Å². The average Bonchev–Trinajstić information content (AvgIpc) is 2.54. The molecule has 0 saturated heterocycles. The Bertz CT molecular complexity index is 718. The van der Waals surface area contributed by atoms with Crippen molar-refractivity contribution in [2.24, 2.45) is 0 Å². The van der Waals surface area contributed by atoms with Crippen LogP contribution in [0.1, 0.15) is 29.0 Å². The summed E-state index contributed by atoms with van der Waals surface area (Å²) >= 11 is 0. The number of rotatable bonds is 3. The largest absolute Gasteiger partial charge is 0.482 e. The quantitative estimate of drug-likeness (QED) is 0.891. The summed E-state index contributed by atoms with van der Waals surface area (Å²) in [7, 11) is 0. The van der Waals surface area contributed by atoms with Gasteiger partial charge in [-0.3, -0.25) is 14.6 Å². The Hall–Kier alpha value is -2.96. The van der Waals surface area contributed by atoms with Gasteiger partial charge in [0, 0.05) is 12.4 Å². The number of benzene rings is 1.